The Morgan fingerprint density at radius 2 is 2.29 bits per heavy atom. The Kier molecular flexibility index (Phi) is 2.21. The fourth-order valence-electron chi connectivity index (χ4n) is 1.54. The molecule has 1 aliphatic rings. The van der Waals surface area contributed by atoms with Crippen molar-refractivity contribution < 1.29 is 14.6 Å². The predicted molar refractivity (Wildman–Crippen MR) is 51.6 cm³/mol. The molecule has 0 fully saturated rings. The average molecular weight is 195 g/mol. The van der Waals surface area contributed by atoms with Crippen LogP contribution in [0.1, 0.15) is 12.5 Å². The minimum absolute atomic E-state index is 0.0646. The maximum absolute atomic E-state index is 9.58. The van der Waals surface area contributed by atoms with Crippen molar-refractivity contribution in [3.05, 3.63) is 17.7 Å². The van der Waals surface area contributed by atoms with E-state index >= 15 is 0 Å². The first kappa shape index (κ1) is 9.15. The van der Waals surface area contributed by atoms with Gasteiger partial charge in [-0.1, -0.05) is 0 Å². The lowest BCUT2D eigenvalue weighted by molar-refractivity contribution is 0.171. The smallest absolute Gasteiger partial charge is 0.231 e. The van der Waals surface area contributed by atoms with Gasteiger partial charge in [-0.3, -0.25) is 0 Å². The molecule has 0 bridgehead atoms. The number of fused-ring (bicyclic) bond motifs is 1. The van der Waals surface area contributed by atoms with Gasteiger partial charge in [0.2, 0.25) is 12.5 Å². The molecule has 4 heteroatoms. The van der Waals surface area contributed by atoms with Gasteiger partial charge in [0.15, 0.2) is 11.5 Å². The van der Waals surface area contributed by atoms with Crippen molar-refractivity contribution in [1.82, 2.24) is 0 Å². The second kappa shape index (κ2) is 3.38. The number of phenols is 1. The van der Waals surface area contributed by atoms with Gasteiger partial charge in [0.1, 0.15) is 0 Å². The second-order valence-corrected chi connectivity index (χ2v) is 3.53. The van der Waals surface area contributed by atoms with Crippen LogP contribution < -0.4 is 15.2 Å². The number of phenolic OH excluding ortho intramolecular Hbond substituents is 1. The van der Waals surface area contributed by atoms with E-state index in [-0.39, 0.29) is 18.6 Å². The summed E-state index contributed by atoms with van der Waals surface area (Å²) in [7, 11) is 0. The monoisotopic (exact) mass is 195 g/mol. The molecule has 1 aromatic rings. The summed E-state index contributed by atoms with van der Waals surface area (Å²) in [6.07, 6.45) is 0.712. The topological polar surface area (TPSA) is 64.7 Å². The van der Waals surface area contributed by atoms with Gasteiger partial charge in [0.25, 0.3) is 0 Å². The van der Waals surface area contributed by atoms with Crippen molar-refractivity contribution >= 4 is 0 Å². The lowest BCUT2D eigenvalue weighted by atomic mass is 10.1. The second-order valence-electron chi connectivity index (χ2n) is 3.53. The molecule has 1 heterocycles. The zero-order valence-corrected chi connectivity index (χ0v) is 7.99. The fourth-order valence-corrected chi connectivity index (χ4v) is 1.54. The number of aromatic hydroxyl groups is 1. The zero-order valence-electron chi connectivity index (χ0n) is 7.99. The van der Waals surface area contributed by atoms with Crippen LogP contribution in [-0.2, 0) is 6.42 Å². The van der Waals surface area contributed by atoms with Crippen LogP contribution in [0.5, 0.6) is 17.2 Å². The van der Waals surface area contributed by atoms with Gasteiger partial charge >= 0.3 is 0 Å². The molecular formula is C10H13NO3. The molecule has 0 saturated carbocycles. The first-order valence-electron chi connectivity index (χ1n) is 4.54. The van der Waals surface area contributed by atoms with Crippen molar-refractivity contribution in [2.45, 2.75) is 19.4 Å². The van der Waals surface area contributed by atoms with E-state index in [1.807, 2.05) is 13.0 Å². The van der Waals surface area contributed by atoms with Crippen LogP contribution in [0.3, 0.4) is 0 Å². The van der Waals surface area contributed by atoms with Crippen molar-refractivity contribution in [3.8, 4) is 17.2 Å². The van der Waals surface area contributed by atoms with E-state index in [1.54, 1.807) is 6.07 Å². The van der Waals surface area contributed by atoms with E-state index in [0.29, 0.717) is 17.9 Å². The van der Waals surface area contributed by atoms with E-state index < -0.39 is 0 Å². The van der Waals surface area contributed by atoms with Gasteiger partial charge in [0.05, 0.1) is 0 Å². The quantitative estimate of drug-likeness (QED) is 0.739. The number of hydrogen-bond acceptors (Lipinski definition) is 4. The maximum Gasteiger partial charge on any atom is 0.231 e. The summed E-state index contributed by atoms with van der Waals surface area (Å²) >= 11 is 0. The van der Waals surface area contributed by atoms with E-state index in [1.165, 1.54) is 0 Å². The van der Waals surface area contributed by atoms with Crippen LogP contribution in [0.4, 0.5) is 0 Å². The summed E-state index contributed by atoms with van der Waals surface area (Å²) in [6, 6.07) is 3.58. The third kappa shape index (κ3) is 1.61. The van der Waals surface area contributed by atoms with Gasteiger partial charge in [-0.05, 0) is 31.0 Å². The van der Waals surface area contributed by atoms with Crippen LogP contribution in [0.2, 0.25) is 0 Å². The van der Waals surface area contributed by atoms with E-state index in [4.69, 9.17) is 15.2 Å². The predicted octanol–water partition coefficient (Wildman–Crippen LogP) is 1.01. The lowest BCUT2D eigenvalue weighted by Gasteiger charge is -2.07. The molecule has 0 aliphatic carbocycles. The van der Waals surface area contributed by atoms with Crippen LogP contribution in [0, 0.1) is 0 Å². The molecule has 0 amide bonds. The highest BCUT2D eigenvalue weighted by Gasteiger charge is 2.18. The summed E-state index contributed by atoms with van der Waals surface area (Å²) in [5.41, 5.74) is 6.63. The molecule has 1 aromatic carbocycles. The standard InChI is InChI=1S/C10H13NO3/c1-6(11)2-7-3-8(12)10-9(4-7)13-5-14-10/h3-4,6,12H,2,5,11H2,1H3. The Hall–Kier alpha value is -1.42. The first-order valence-corrected chi connectivity index (χ1v) is 4.54. The molecule has 0 saturated heterocycles. The van der Waals surface area contributed by atoms with Crippen LogP contribution in [0.25, 0.3) is 0 Å². The zero-order chi connectivity index (χ0) is 10.1. The molecule has 14 heavy (non-hydrogen) atoms. The minimum Gasteiger partial charge on any atom is -0.504 e. The van der Waals surface area contributed by atoms with E-state index in [2.05, 4.69) is 0 Å². The van der Waals surface area contributed by atoms with Crippen LogP contribution >= 0.6 is 0 Å². The van der Waals surface area contributed by atoms with Gasteiger partial charge < -0.3 is 20.3 Å². The highest BCUT2D eigenvalue weighted by Crippen LogP contribution is 2.41. The summed E-state index contributed by atoms with van der Waals surface area (Å²) in [6.45, 7) is 2.09. The number of ether oxygens (including phenoxy) is 2. The SMILES string of the molecule is CC(N)Cc1cc(O)c2c(c1)OCO2. The Morgan fingerprint density at radius 1 is 1.50 bits per heavy atom. The molecule has 4 nitrogen and oxygen atoms in total. The van der Waals surface area contributed by atoms with Gasteiger partial charge in [-0.2, -0.15) is 0 Å². The molecule has 2 rings (SSSR count). The first-order chi connectivity index (χ1) is 6.66. The molecule has 0 aromatic heterocycles. The Balaban J connectivity index is 2.32. The molecule has 3 N–H and O–H groups in total. The highest BCUT2D eigenvalue weighted by atomic mass is 16.7. The van der Waals surface area contributed by atoms with E-state index in [0.717, 1.165) is 5.56 Å². The Labute approximate surface area is 82.2 Å². The number of hydrogen-bond donors (Lipinski definition) is 2. The number of rotatable bonds is 2. The van der Waals surface area contributed by atoms with Crippen molar-refractivity contribution in [2.75, 3.05) is 6.79 Å². The number of nitrogens with two attached hydrogens (primary N) is 1. The molecular weight excluding hydrogens is 182 g/mol. The van der Waals surface area contributed by atoms with Crippen LogP contribution in [0.15, 0.2) is 12.1 Å². The lowest BCUT2D eigenvalue weighted by Crippen LogP contribution is -2.17. The Morgan fingerprint density at radius 3 is 3.00 bits per heavy atom. The largest absolute Gasteiger partial charge is 0.504 e. The summed E-state index contributed by atoms with van der Waals surface area (Å²) < 4.78 is 10.3. The van der Waals surface area contributed by atoms with Crippen molar-refractivity contribution in [2.24, 2.45) is 5.73 Å². The summed E-state index contributed by atoms with van der Waals surface area (Å²) in [5.74, 6) is 1.15. The third-order valence-electron chi connectivity index (χ3n) is 2.07. The molecule has 1 unspecified atom stereocenters. The number of benzene rings is 1. The molecule has 1 aliphatic heterocycles. The minimum atomic E-state index is 0.0646. The average Bonchev–Trinajstić information content (AvgIpc) is 2.50. The normalized spacial score (nSPS) is 15.6. The third-order valence-corrected chi connectivity index (χ3v) is 2.07. The fraction of sp³-hybridized carbons (Fsp3) is 0.400. The van der Waals surface area contributed by atoms with E-state index in [9.17, 15) is 5.11 Å². The van der Waals surface area contributed by atoms with Crippen molar-refractivity contribution in [3.63, 3.8) is 0 Å². The maximum atomic E-state index is 9.58. The highest BCUT2D eigenvalue weighted by molar-refractivity contribution is 5.54. The van der Waals surface area contributed by atoms with Gasteiger partial charge in [-0.25, -0.2) is 0 Å². The summed E-state index contributed by atoms with van der Waals surface area (Å²) in [5, 5.41) is 9.58. The summed E-state index contributed by atoms with van der Waals surface area (Å²) in [4.78, 5) is 0. The van der Waals surface area contributed by atoms with Gasteiger partial charge in [0, 0.05) is 6.04 Å². The molecule has 0 spiro atoms. The molecule has 76 valence electrons. The molecule has 1 atom stereocenters. The van der Waals surface area contributed by atoms with Crippen LogP contribution in [-0.4, -0.2) is 17.9 Å². The molecule has 0 radical (unpaired) electrons. The Bertz CT molecular complexity index is 349. The van der Waals surface area contributed by atoms with Crippen molar-refractivity contribution in [1.29, 1.82) is 0 Å². The van der Waals surface area contributed by atoms with Gasteiger partial charge in [-0.15, -0.1) is 0 Å².